The highest BCUT2D eigenvalue weighted by Crippen LogP contribution is 2.38. The van der Waals surface area contributed by atoms with Gasteiger partial charge < -0.3 is 20.1 Å². The third-order valence-corrected chi connectivity index (χ3v) is 5.26. The number of rotatable bonds is 8. The van der Waals surface area contributed by atoms with Gasteiger partial charge in [0.15, 0.2) is 17.2 Å². The lowest BCUT2D eigenvalue weighted by molar-refractivity contribution is -0.118. The summed E-state index contributed by atoms with van der Waals surface area (Å²) in [4.78, 5) is 41.7. The first-order valence-corrected chi connectivity index (χ1v) is 10.8. The molecule has 1 aliphatic rings. The van der Waals surface area contributed by atoms with Crippen LogP contribution in [0.4, 0.5) is 11.5 Å². The van der Waals surface area contributed by atoms with Gasteiger partial charge in [-0.15, -0.1) is 0 Å². The highest BCUT2D eigenvalue weighted by molar-refractivity contribution is 6.32. The zero-order chi connectivity index (χ0) is 22.5. The number of hydrogen-bond acceptors (Lipinski definition) is 6. The maximum absolute atomic E-state index is 13.2. The molecule has 3 rings (SSSR count). The van der Waals surface area contributed by atoms with Crippen molar-refractivity contribution in [1.82, 2.24) is 9.55 Å². The van der Waals surface area contributed by atoms with E-state index in [-0.39, 0.29) is 30.4 Å². The Morgan fingerprint density at radius 1 is 1.23 bits per heavy atom. The van der Waals surface area contributed by atoms with E-state index in [9.17, 15) is 14.4 Å². The van der Waals surface area contributed by atoms with Gasteiger partial charge in [0.05, 0.1) is 11.4 Å². The molecule has 0 atom stereocenters. The number of benzene rings is 1. The first-order valence-electron chi connectivity index (χ1n) is 10.4. The van der Waals surface area contributed by atoms with Gasteiger partial charge in [-0.2, -0.15) is 0 Å². The second-order valence-electron chi connectivity index (χ2n) is 7.32. The van der Waals surface area contributed by atoms with Gasteiger partial charge in [0, 0.05) is 13.1 Å². The van der Waals surface area contributed by atoms with E-state index in [0.717, 1.165) is 6.42 Å². The minimum atomic E-state index is -0.683. The first kappa shape index (κ1) is 22.7. The number of H-pyrrole nitrogens is 1. The standard InChI is InChI=1S/C21H27ClN4O5/c1-3-5-7-26-19(23)17(20(28)24-21(26)29)25(6-4-2)16(27)12-13-10-14(22)18-15(11-13)30-8-9-31-18/h10-11H,3-9,12,23H2,1-2H3,(H,24,28,29). The Labute approximate surface area is 184 Å². The van der Waals surface area contributed by atoms with Crippen molar-refractivity contribution < 1.29 is 14.3 Å². The fourth-order valence-corrected chi connectivity index (χ4v) is 3.79. The molecule has 0 saturated heterocycles. The molecule has 1 aromatic heterocycles. The molecule has 2 heterocycles. The number of unbranched alkanes of at least 4 members (excludes halogenated alkanes) is 1. The monoisotopic (exact) mass is 450 g/mol. The molecular weight excluding hydrogens is 424 g/mol. The van der Waals surface area contributed by atoms with E-state index in [4.69, 9.17) is 26.8 Å². The van der Waals surface area contributed by atoms with Gasteiger partial charge in [-0.05, 0) is 30.5 Å². The number of nitrogen functional groups attached to an aromatic ring is 1. The number of nitrogens with zero attached hydrogens (tertiary/aromatic N) is 2. The smallest absolute Gasteiger partial charge is 0.330 e. The zero-order valence-corrected chi connectivity index (χ0v) is 18.5. The summed E-state index contributed by atoms with van der Waals surface area (Å²) in [6.07, 6.45) is 2.14. The van der Waals surface area contributed by atoms with E-state index < -0.39 is 11.2 Å². The van der Waals surface area contributed by atoms with Crippen LogP contribution in [0, 0.1) is 0 Å². The van der Waals surface area contributed by atoms with Gasteiger partial charge in [0.2, 0.25) is 5.91 Å². The molecule has 0 unspecified atom stereocenters. The van der Waals surface area contributed by atoms with Crippen LogP contribution in [-0.4, -0.2) is 35.2 Å². The average molecular weight is 451 g/mol. The Balaban J connectivity index is 1.96. The van der Waals surface area contributed by atoms with Gasteiger partial charge in [-0.1, -0.05) is 31.9 Å². The molecule has 0 aliphatic carbocycles. The van der Waals surface area contributed by atoms with E-state index in [1.54, 1.807) is 12.1 Å². The number of amides is 1. The molecule has 3 N–H and O–H groups in total. The van der Waals surface area contributed by atoms with Crippen molar-refractivity contribution in [2.45, 2.75) is 46.1 Å². The van der Waals surface area contributed by atoms with Crippen LogP contribution in [0.1, 0.15) is 38.7 Å². The minimum Gasteiger partial charge on any atom is -0.486 e. The van der Waals surface area contributed by atoms with E-state index in [2.05, 4.69) is 4.98 Å². The lowest BCUT2D eigenvalue weighted by Crippen LogP contribution is -2.42. The minimum absolute atomic E-state index is 0.00815. The average Bonchev–Trinajstić information content (AvgIpc) is 2.73. The topological polar surface area (TPSA) is 120 Å². The molecule has 10 heteroatoms. The van der Waals surface area contributed by atoms with E-state index >= 15 is 0 Å². The number of nitrogens with two attached hydrogens (primary N) is 1. The molecule has 0 radical (unpaired) electrons. The number of nitrogens with one attached hydrogen (secondary N) is 1. The highest BCUT2D eigenvalue weighted by Gasteiger charge is 2.25. The second kappa shape index (κ2) is 9.91. The van der Waals surface area contributed by atoms with Gasteiger partial charge in [-0.3, -0.25) is 19.1 Å². The number of aromatic amines is 1. The Hall–Kier alpha value is -2.94. The van der Waals surface area contributed by atoms with E-state index in [0.29, 0.717) is 54.7 Å². The fourth-order valence-electron chi connectivity index (χ4n) is 3.50. The summed E-state index contributed by atoms with van der Waals surface area (Å²) in [5.41, 5.74) is 5.54. The van der Waals surface area contributed by atoms with Crippen LogP contribution in [0.2, 0.25) is 5.02 Å². The van der Waals surface area contributed by atoms with Crippen molar-refractivity contribution in [3.63, 3.8) is 0 Å². The predicted molar refractivity (Wildman–Crippen MR) is 119 cm³/mol. The molecule has 1 aliphatic heterocycles. The SMILES string of the molecule is CCCCn1c(N)c(N(CCC)C(=O)Cc2cc(Cl)c3c(c2)OCCO3)c(=O)[nH]c1=O. The molecule has 1 aromatic carbocycles. The van der Waals surface area contributed by atoms with Gasteiger partial charge in [0.25, 0.3) is 5.56 Å². The molecule has 2 aromatic rings. The van der Waals surface area contributed by atoms with Crippen molar-refractivity contribution in [3.05, 3.63) is 43.6 Å². The molecular formula is C21H27ClN4O5. The van der Waals surface area contributed by atoms with Crippen LogP contribution >= 0.6 is 11.6 Å². The number of anilines is 2. The molecule has 9 nitrogen and oxygen atoms in total. The van der Waals surface area contributed by atoms with Gasteiger partial charge >= 0.3 is 5.69 Å². The Kier molecular flexibility index (Phi) is 7.27. The quantitative estimate of drug-likeness (QED) is 0.636. The second-order valence-corrected chi connectivity index (χ2v) is 7.73. The number of aromatic nitrogens is 2. The summed E-state index contributed by atoms with van der Waals surface area (Å²) in [6.45, 7) is 5.31. The summed E-state index contributed by atoms with van der Waals surface area (Å²) >= 11 is 6.28. The summed E-state index contributed by atoms with van der Waals surface area (Å²) in [5.74, 6) is 0.587. The Morgan fingerprint density at radius 2 is 1.97 bits per heavy atom. The molecule has 0 fully saturated rings. The summed E-state index contributed by atoms with van der Waals surface area (Å²) in [7, 11) is 0. The maximum atomic E-state index is 13.2. The summed E-state index contributed by atoms with van der Waals surface area (Å²) in [5, 5.41) is 0.354. The molecule has 168 valence electrons. The van der Waals surface area contributed by atoms with Gasteiger partial charge in [-0.25, -0.2) is 4.79 Å². The maximum Gasteiger partial charge on any atom is 0.330 e. The lowest BCUT2D eigenvalue weighted by atomic mass is 10.1. The largest absolute Gasteiger partial charge is 0.486 e. The molecule has 0 saturated carbocycles. The van der Waals surface area contributed by atoms with Crippen molar-refractivity contribution in [2.75, 3.05) is 30.4 Å². The van der Waals surface area contributed by atoms with Crippen LogP contribution in [-0.2, 0) is 17.8 Å². The Bertz CT molecular complexity index is 1080. The van der Waals surface area contributed by atoms with Crippen molar-refractivity contribution in [2.24, 2.45) is 0 Å². The first-order chi connectivity index (χ1) is 14.9. The normalized spacial score (nSPS) is 12.6. The van der Waals surface area contributed by atoms with Crippen LogP contribution in [0.5, 0.6) is 11.5 Å². The van der Waals surface area contributed by atoms with E-state index in [1.807, 2.05) is 13.8 Å². The van der Waals surface area contributed by atoms with Crippen LogP contribution < -0.4 is 31.4 Å². The molecule has 0 spiro atoms. The predicted octanol–water partition coefficient (Wildman–Crippen LogP) is 2.33. The van der Waals surface area contributed by atoms with Crippen molar-refractivity contribution >= 4 is 29.0 Å². The van der Waals surface area contributed by atoms with Gasteiger partial charge in [0.1, 0.15) is 19.0 Å². The summed E-state index contributed by atoms with van der Waals surface area (Å²) < 4.78 is 12.4. The molecule has 1 amide bonds. The van der Waals surface area contributed by atoms with Crippen LogP contribution in [0.15, 0.2) is 21.7 Å². The van der Waals surface area contributed by atoms with Crippen molar-refractivity contribution in [1.29, 1.82) is 0 Å². The number of ether oxygens (including phenoxy) is 2. The third kappa shape index (κ3) is 4.87. The fraction of sp³-hybridized carbons (Fsp3) is 0.476. The number of carbonyl (C=O) groups is 1. The van der Waals surface area contributed by atoms with Crippen LogP contribution in [0.3, 0.4) is 0 Å². The number of fused-ring (bicyclic) bond motifs is 1. The van der Waals surface area contributed by atoms with E-state index in [1.165, 1.54) is 9.47 Å². The van der Waals surface area contributed by atoms with Crippen molar-refractivity contribution in [3.8, 4) is 11.5 Å². The molecule has 0 bridgehead atoms. The van der Waals surface area contributed by atoms with Crippen LogP contribution in [0.25, 0.3) is 0 Å². The third-order valence-electron chi connectivity index (χ3n) is 4.98. The lowest BCUT2D eigenvalue weighted by Gasteiger charge is -2.25. The number of halogens is 1. The molecule has 31 heavy (non-hydrogen) atoms. The number of carbonyl (C=O) groups excluding carboxylic acids is 1. The zero-order valence-electron chi connectivity index (χ0n) is 17.7. The Morgan fingerprint density at radius 3 is 2.68 bits per heavy atom. The summed E-state index contributed by atoms with van der Waals surface area (Å²) in [6, 6.07) is 3.35. The number of hydrogen-bond donors (Lipinski definition) is 2. The highest BCUT2D eigenvalue weighted by atomic mass is 35.5.